The predicted molar refractivity (Wildman–Crippen MR) is 61.7 cm³/mol. The molecule has 1 aromatic heterocycles. The Morgan fingerprint density at radius 3 is 2.56 bits per heavy atom. The van der Waals surface area contributed by atoms with E-state index in [-0.39, 0.29) is 5.15 Å². The molecule has 0 aliphatic rings. The zero-order chi connectivity index (χ0) is 12.3. The lowest BCUT2D eigenvalue weighted by Gasteiger charge is -2.23. The highest BCUT2D eigenvalue weighted by Crippen LogP contribution is 2.15. The highest BCUT2D eigenvalue weighted by molar-refractivity contribution is 6.29. The molecule has 0 radical (unpaired) electrons. The van der Waals surface area contributed by atoms with Crippen molar-refractivity contribution in [2.45, 2.75) is 26.4 Å². The van der Waals surface area contributed by atoms with E-state index in [1.165, 1.54) is 17.3 Å². The van der Waals surface area contributed by atoms with Gasteiger partial charge in [0.05, 0.1) is 12.4 Å². The van der Waals surface area contributed by atoms with Crippen LogP contribution in [0.3, 0.4) is 0 Å². The summed E-state index contributed by atoms with van der Waals surface area (Å²) in [4.78, 5) is 20.7. The topological polar surface area (TPSA) is 55.3 Å². The first-order chi connectivity index (χ1) is 7.29. The third kappa shape index (κ3) is 3.66. The third-order valence-electron chi connectivity index (χ3n) is 1.60. The van der Waals surface area contributed by atoms with E-state index < -0.39 is 11.7 Å². The summed E-state index contributed by atoms with van der Waals surface area (Å²) in [6.45, 7) is 5.38. The molecule has 5 nitrogen and oxygen atoms in total. The summed E-state index contributed by atoms with van der Waals surface area (Å²) in [7, 11) is 1.55. The molecule has 0 fully saturated rings. The Hall–Kier alpha value is -1.36. The molecule has 0 saturated heterocycles. The molecule has 16 heavy (non-hydrogen) atoms. The van der Waals surface area contributed by atoms with Gasteiger partial charge in [0.1, 0.15) is 10.8 Å². The Morgan fingerprint density at radius 2 is 2.06 bits per heavy atom. The van der Waals surface area contributed by atoms with E-state index in [1.54, 1.807) is 27.8 Å². The summed E-state index contributed by atoms with van der Waals surface area (Å²) in [6.07, 6.45) is 2.34. The van der Waals surface area contributed by atoms with Gasteiger partial charge in [-0.3, -0.25) is 9.88 Å². The van der Waals surface area contributed by atoms with Gasteiger partial charge in [-0.15, -0.1) is 0 Å². The molecular formula is C10H14ClN3O2. The van der Waals surface area contributed by atoms with Crippen molar-refractivity contribution in [2.24, 2.45) is 0 Å². The molecule has 1 heterocycles. The second-order valence-electron chi connectivity index (χ2n) is 4.24. The number of ether oxygens (including phenoxy) is 1. The summed E-state index contributed by atoms with van der Waals surface area (Å²) in [6, 6.07) is 0. The van der Waals surface area contributed by atoms with Crippen molar-refractivity contribution in [1.29, 1.82) is 0 Å². The van der Waals surface area contributed by atoms with Crippen LogP contribution in [0.4, 0.5) is 10.6 Å². The summed E-state index contributed by atoms with van der Waals surface area (Å²) < 4.78 is 5.17. The molecule has 0 aromatic carbocycles. The summed E-state index contributed by atoms with van der Waals surface area (Å²) >= 11 is 5.67. The van der Waals surface area contributed by atoms with Crippen molar-refractivity contribution in [2.75, 3.05) is 11.9 Å². The minimum Gasteiger partial charge on any atom is -0.443 e. The Bertz CT molecular complexity index is 390. The average molecular weight is 244 g/mol. The van der Waals surface area contributed by atoms with Crippen LogP contribution in [0.2, 0.25) is 5.15 Å². The first kappa shape index (κ1) is 12.7. The van der Waals surface area contributed by atoms with Crippen LogP contribution in [-0.2, 0) is 4.74 Å². The molecular weight excluding hydrogens is 230 g/mol. The maximum absolute atomic E-state index is 11.7. The number of nitrogens with zero attached hydrogens (tertiary/aromatic N) is 3. The predicted octanol–water partition coefficient (Wildman–Crippen LogP) is 2.50. The summed E-state index contributed by atoms with van der Waals surface area (Å²) in [5.74, 6) is 0.349. The van der Waals surface area contributed by atoms with E-state index >= 15 is 0 Å². The molecule has 0 aliphatic heterocycles. The summed E-state index contributed by atoms with van der Waals surface area (Å²) in [5, 5.41) is 0.230. The number of carbonyl (C=O) groups is 1. The van der Waals surface area contributed by atoms with Crippen LogP contribution >= 0.6 is 11.6 Å². The van der Waals surface area contributed by atoms with Gasteiger partial charge in [-0.1, -0.05) is 11.6 Å². The van der Waals surface area contributed by atoms with Crippen LogP contribution in [0.1, 0.15) is 20.8 Å². The Kier molecular flexibility index (Phi) is 3.70. The zero-order valence-electron chi connectivity index (χ0n) is 9.69. The van der Waals surface area contributed by atoms with Gasteiger partial charge in [-0.2, -0.15) is 0 Å². The molecule has 1 aromatic rings. The second-order valence-corrected chi connectivity index (χ2v) is 4.63. The van der Waals surface area contributed by atoms with Crippen LogP contribution in [0.25, 0.3) is 0 Å². The molecule has 0 unspecified atom stereocenters. The standard InChI is InChI=1S/C10H14ClN3O2/c1-10(2,3)16-9(15)14(4)8-6-12-5-7(11)13-8/h5-6H,1-4H3. The molecule has 0 spiro atoms. The molecule has 88 valence electrons. The lowest BCUT2D eigenvalue weighted by molar-refractivity contribution is 0.0588. The second kappa shape index (κ2) is 4.65. The van der Waals surface area contributed by atoms with Crippen LogP contribution in [0, 0.1) is 0 Å². The smallest absolute Gasteiger partial charge is 0.415 e. The molecule has 1 amide bonds. The van der Waals surface area contributed by atoms with Gasteiger partial charge in [0.25, 0.3) is 0 Å². The van der Waals surface area contributed by atoms with E-state index in [1.807, 2.05) is 0 Å². The number of halogens is 1. The number of amides is 1. The van der Waals surface area contributed by atoms with E-state index in [0.29, 0.717) is 5.82 Å². The highest BCUT2D eigenvalue weighted by atomic mass is 35.5. The van der Waals surface area contributed by atoms with Crippen molar-refractivity contribution >= 4 is 23.5 Å². The minimum absolute atomic E-state index is 0.230. The van der Waals surface area contributed by atoms with Crippen LogP contribution in [-0.4, -0.2) is 28.7 Å². The Labute approximate surface area is 99.4 Å². The fourth-order valence-electron chi connectivity index (χ4n) is 0.918. The number of rotatable bonds is 1. The van der Waals surface area contributed by atoms with E-state index in [0.717, 1.165) is 0 Å². The molecule has 6 heteroatoms. The minimum atomic E-state index is -0.544. The van der Waals surface area contributed by atoms with Crippen molar-refractivity contribution in [3.63, 3.8) is 0 Å². The van der Waals surface area contributed by atoms with Crippen LogP contribution in [0.15, 0.2) is 12.4 Å². The van der Waals surface area contributed by atoms with Gasteiger partial charge >= 0.3 is 6.09 Å². The quantitative estimate of drug-likeness (QED) is 0.761. The van der Waals surface area contributed by atoms with Gasteiger partial charge in [-0.05, 0) is 20.8 Å². The third-order valence-corrected chi connectivity index (χ3v) is 1.79. The first-order valence-corrected chi connectivity index (χ1v) is 5.11. The van der Waals surface area contributed by atoms with E-state index in [9.17, 15) is 4.79 Å². The lowest BCUT2D eigenvalue weighted by atomic mass is 10.2. The van der Waals surface area contributed by atoms with Gasteiger partial charge in [-0.25, -0.2) is 9.78 Å². The maximum atomic E-state index is 11.7. The SMILES string of the molecule is CN(C(=O)OC(C)(C)C)c1cncc(Cl)n1. The molecule has 0 saturated carbocycles. The van der Waals surface area contributed by atoms with E-state index in [4.69, 9.17) is 16.3 Å². The molecule has 1 rings (SSSR count). The fraction of sp³-hybridized carbons (Fsp3) is 0.500. The van der Waals surface area contributed by atoms with Crippen molar-refractivity contribution in [1.82, 2.24) is 9.97 Å². The van der Waals surface area contributed by atoms with Gasteiger partial charge in [0, 0.05) is 7.05 Å². The monoisotopic (exact) mass is 243 g/mol. The first-order valence-electron chi connectivity index (χ1n) is 4.74. The molecule has 0 N–H and O–H groups in total. The Morgan fingerprint density at radius 1 is 1.44 bits per heavy atom. The number of carbonyl (C=O) groups excluding carboxylic acids is 1. The molecule has 0 aliphatic carbocycles. The number of aromatic nitrogens is 2. The Balaban J connectivity index is 2.78. The lowest BCUT2D eigenvalue weighted by Crippen LogP contribution is -2.34. The average Bonchev–Trinajstić information content (AvgIpc) is 2.14. The van der Waals surface area contributed by atoms with Crippen molar-refractivity contribution in [3.05, 3.63) is 17.5 Å². The molecule has 0 atom stereocenters. The van der Waals surface area contributed by atoms with Crippen molar-refractivity contribution in [3.8, 4) is 0 Å². The largest absolute Gasteiger partial charge is 0.443 e. The molecule has 0 bridgehead atoms. The number of anilines is 1. The maximum Gasteiger partial charge on any atom is 0.415 e. The van der Waals surface area contributed by atoms with Gasteiger partial charge < -0.3 is 4.74 Å². The van der Waals surface area contributed by atoms with Crippen LogP contribution < -0.4 is 4.90 Å². The zero-order valence-corrected chi connectivity index (χ0v) is 10.4. The van der Waals surface area contributed by atoms with Crippen molar-refractivity contribution < 1.29 is 9.53 Å². The summed E-state index contributed by atoms with van der Waals surface area (Å²) in [5.41, 5.74) is -0.544. The number of hydrogen-bond acceptors (Lipinski definition) is 4. The van der Waals surface area contributed by atoms with Gasteiger partial charge in [0.2, 0.25) is 0 Å². The number of hydrogen-bond donors (Lipinski definition) is 0. The van der Waals surface area contributed by atoms with Crippen LogP contribution in [0.5, 0.6) is 0 Å². The van der Waals surface area contributed by atoms with E-state index in [2.05, 4.69) is 9.97 Å². The highest BCUT2D eigenvalue weighted by Gasteiger charge is 2.21. The van der Waals surface area contributed by atoms with Gasteiger partial charge in [0.15, 0.2) is 5.82 Å². The normalized spacial score (nSPS) is 11.1. The fourth-order valence-corrected chi connectivity index (χ4v) is 1.06.